The van der Waals surface area contributed by atoms with Crippen LogP contribution < -0.4 is 10.1 Å². The molecule has 218 valence electrons. The SMILES string of the molecule is CC.CN1CCN(CCCOc2ccc3c(c2CNc2cccc(F)c2C(F)F)Cc2nc4nonc4nc2-3)CC1. The molecule has 0 atom stereocenters. The van der Waals surface area contributed by atoms with Crippen molar-refractivity contribution >= 4 is 17.0 Å². The maximum Gasteiger partial charge on any atom is 0.268 e. The first-order chi connectivity index (χ1) is 20.0. The van der Waals surface area contributed by atoms with Crippen molar-refractivity contribution in [2.24, 2.45) is 0 Å². The molecule has 1 aliphatic carbocycles. The normalized spacial score (nSPS) is 15.0. The van der Waals surface area contributed by atoms with Gasteiger partial charge in [-0.25, -0.2) is 27.8 Å². The first-order valence-corrected chi connectivity index (χ1v) is 14.0. The molecule has 0 saturated carbocycles. The smallest absolute Gasteiger partial charge is 0.268 e. The lowest BCUT2D eigenvalue weighted by Gasteiger charge is -2.32. The number of hydrogen-bond donors (Lipinski definition) is 1. The number of anilines is 1. The van der Waals surface area contributed by atoms with E-state index in [1.54, 1.807) is 0 Å². The van der Waals surface area contributed by atoms with Crippen LogP contribution >= 0.6 is 0 Å². The molecule has 1 fully saturated rings. The summed E-state index contributed by atoms with van der Waals surface area (Å²) in [7, 11) is 2.13. The zero-order valence-electron chi connectivity index (χ0n) is 23.5. The fourth-order valence-electron chi connectivity index (χ4n) is 5.24. The van der Waals surface area contributed by atoms with E-state index in [1.165, 1.54) is 12.1 Å². The molecule has 12 heteroatoms. The minimum atomic E-state index is -2.95. The zero-order valence-corrected chi connectivity index (χ0v) is 23.5. The van der Waals surface area contributed by atoms with Gasteiger partial charge in [0, 0.05) is 62.5 Å². The number of likely N-dealkylation sites (N-methyl/N-ethyl adjacent to an activating group) is 1. The van der Waals surface area contributed by atoms with Gasteiger partial charge in [0.1, 0.15) is 11.6 Å². The van der Waals surface area contributed by atoms with Crippen molar-refractivity contribution in [2.45, 2.75) is 39.7 Å². The lowest BCUT2D eigenvalue weighted by molar-refractivity contribution is 0.145. The van der Waals surface area contributed by atoms with Crippen LogP contribution in [-0.4, -0.2) is 76.5 Å². The molecule has 0 radical (unpaired) electrons. The fourth-order valence-corrected chi connectivity index (χ4v) is 5.24. The van der Waals surface area contributed by atoms with E-state index in [0.29, 0.717) is 35.8 Å². The molecule has 9 nitrogen and oxygen atoms in total. The average molecular weight is 570 g/mol. The molecular weight excluding hydrogens is 535 g/mol. The standard InChI is InChI=1S/C27H28F3N7O2.C2H6/c1-36-9-11-37(12-10-36)8-3-13-38-22-7-6-16-17(14-21-24(16)33-27-26(32-21)34-39-35-27)18(22)15-31-20-5-2-4-19(28)23(20)25(29)30;1-2/h2,4-7,25,31H,3,8-15H2,1H3;1-2H3. The van der Waals surface area contributed by atoms with E-state index < -0.39 is 17.8 Å². The summed E-state index contributed by atoms with van der Waals surface area (Å²) in [5.41, 5.74) is 4.01. The number of halogens is 3. The summed E-state index contributed by atoms with van der Waals surface area (Å²) >= 11 is 0. The Bertz CT molecular complexity index is 1490. The molecule has 1 aliphatic heterocycles. The molecule has 6 rings (SSSR count). The van der Waals surface area contributed by atoms with Crippen molar-refractivity contribution in [3.8, 4) is 17.0 Å². The Balaban J connectivity index is 0.00000165. The second-order valence-electron chi connectivity index (χ2n) is 9.88. The van der Waals surface area contributed by atoms with Gasteiger partial charge >= 0.3 is 0 Å². The quantitative estimate of drug-likeness (QED) is 0.237. The van der Waals surface area contributed by atoms with E-state index in [9.17, 15) is 13.2 Å². The molecule has 2 aromatic heterocycles. The number of ether oxygens (including phenoxy) is 1. The number of piperazine rings is 1. The minimum Gasteiger partial charge on any atom is -0.493 e. The second kappa shape index (κ2) is 12.8. The van der Waals surface area contributed by atoms with Gasteiger partial charge in [-0.2, -0.15) is 0 Å². The van der Waals surface area contributed by atoms with Crippen LogP contribution in [0, 0.1) is 5.82 Å². The Morgan fingerprint density at radius 3 is 2.54 bits per heavy atom. The summed E-state index contributed by atoms with van der Waals surface area (Å²) < 4.78 is 52.5. The Morgan fingerprint density at radius 2 is 1.78 bits per heavy atom. The van der Waals surface area contributed by atoms with Crippen LogP contribution in [0.2, 0.25) is 0 Å². The monoisotopic (exact) mass is 569 g/mol. The summed E-state index contributed by atoms with van der Waals surface area (Å²) in [4.78, 5) is 13.9. The average Bonchev–Trinajstić information content (AvgIpc) is 3.58. The molecule has 2 aliphatic rings. The summed E-state index contributed by atoms with van der Waals surface area (Å²) in [6.45, 7) is 9.79. The van der Waals surface area contributed by atoms with Gasteiger partial charge in [0.25, 0.3) is 6.43 Å². The van der Waals surface area contributed by atoms with Gasteiger partial charge in [-0.15, -0.1) is 0 Å². The second-order valence-corrected chi connectivity index (χ2v) is 9.88. The summed E-state index contributed by atoms with van der Waals surface area (Å²) in [5, 5.41) is 10.6. The molecule has 3 heterocycles. The summed E-state index contributed by atoms with van der Waals surface area (Å²) in [6.07, 6.45) is -1.64. The Morgan fingerprint density at radius 1 is 1.02 bits per heavy atom. The molecule has 1 saturated heterocycles. The Labute approximate surface area is 236 Å². The third kappa shape index (κ3) is 6.13. The maximum atomic E-state index is 14.2. The minimum absolute atomic E-state index is 0.0455. The number of benzene rings is 2. The molecule has 2 aromatic carbocycles. The van der Waals surface area contributed by atoms with E-state index in [1.807, 2.05) is 26.0 Å². The van der Waals surface area contributed by atoms with E-state index >= 15 is 0 Å². The number of aromatic nitrogens is 4. The molecule has 0 spiro atoms. The van der Waals surface area contributed by atoms with Gasteiger partial charge in [0.05, 0.1) is 23.6 Å². The van der Waals surface area contributed by atoms with Gasteiger partial charge in [0.15, 0.2) is 0 Å². The van der Waals surface area contributed by atoms with Gasteiger partial charge in [-0.1, -0.05) is 19.9 Å². The first kappa shape index (κ1) is 28.7. The summed E-state index contributed by atoms with van der Waals surface area (Å²) in [5.74, 6) is -0.300. The largest absolute Gasteiger partial charge is 0.493 e. The van der Waals surface area contributed by atoms with Gasteiger partial charge in [-0.05, 0) is 53.6 Å². The van der Waals surface area contributed by atoms with Crippen LogP contribution in [0.1, 0.15) is 49.1 Å². The molecule has 0 unspecified atom stereocenters. The van der Waals surface area contributed by atoms with E-state index in [2.05, 4.69) is 42.4 Å². The number of alkyl halides is 2. The van der Waals surface area contributed by atoms with Crippen molar-refractivity contribution in [2.75, 3.05) is 51.7 Å². The van der Waals surface area contributed by atoms with Crippen molar-refractivity contribution in [1.82, 2.24) is 30.1 Å². The van der Waals surface area contributed by atoms with Crippen molar-refractivity contribution < 1.29 is 22.5 Å². The lowest BCUT2D eigenvalue weighted by Crippen LogP contribution is -2.44. The molecule has 0 bridgehead atoms. The topological polar surface area (TPSA) is 92.4 Å². The highest BCUT2D eigenvalue weighted by atomic mass is 19.3. The molecule has 41 heavy (non-hydrogen) atoms. The number of fused-ring (bicyclic) bond motifs is 4. The predicted molar refractivity (Wildman–Crippen MR) is 150 cm³/mol. The van der Waals surface area contributed by atoms with Crippen LogP contribution in [0.4, 0.5) is 18.9 Å². The first-order valence-electron chi connectivity index (χ1n) is 14.0. The highest BCUT2D eigenvalue weighted by Crippen LogP contribution is 2.41. The Kier molecular flexibility index (Phi) is 8.99. The van der Waals surface area contributed by atoms with Gasteiger partial charge in [-0.3, -0.25) is 0 Å². The van der Waals surface area contributed by atoms with E-state index in [-0.39, 0.29) is 12.2 Å². The van der Waals surface area contributed by atoms with Gasteiger partial charge < -0.3 is 19.9 Å². The zero-order chi connectivity index (χ0) is 28.9. The summed E-state index contributed by atoms with van der Waals surface area (Å²) in [6, 6.07) is 7.70. The molecule has 1 N–H and O–H groups in total. The van der Waals surface area contributed by atoms with E-state index in [0.717, 1.165) is 67.6 Å². The highest BCUT2D eigenvalue weighted by molar-refractivity contribution is 5.79. The predicted octanol–water partition coefficient (Wildman–Crippen LogP) is 5.32. The lowest BCUT2D eigenvalue weighted by atomic mass is 10.0. The number of nitrogens with zero attached hydrogens (tertiary/aromatic N) is 6. The van der Waals surface area contributed by atoms with Crippen molar-refractivity contribution in [1.29, 1.82) is 0 Å². The van der Waals surface area contributed by atoms with Crippen LogP contribution in [0.3, 0.4) is 0 Å². The van der Waals surface area contributed by atoms with Crippen molar-refractivity contribution in [3.05, 3.63) is 58.5 Å². The molecule has 0 amide bonds. The van der Waals surface area contributed by atoms with Crippen LogP contribution in [0.25, 0.3) is 22.6 Å². The number of hydrogen-bond acceptors (Lipinski definition) is 9. The van der Waals surface area contributed by atoms with Crippen LogP contribution in [-0.2, 0) is 13.0 Å². The number of nitrogens with one attached hydrogen (secondary N) is 1. The third-order valence-electron chi connectivity index (χ3n) is 7.37. The third-order valence-corrected chi connectivity index (χ3v) is 7.37. The van der Waals surface area contributed by atoms with Crippen LogP contribution in [0.15, 0.2) is 35.0 Å². The highest BCUT2D eigenvalue weighted by Gasteiger charge is 2.28. The molecular formula is C29H34F3N7O2. The fraction of sp³-hybridized carbons (Fsp3) is 0.448. The van der Waals surface area contributed by atoms with E-state index in [4.69, 9.17) is 9.37 Å². The molecule has 4 aromatic rings. The maximum absolute atomic E-state index is 14.2. The van der Waals surface area contributed by atoms with Crippen LogP contribution in [0.5, 0.6) is 5.75 Å². The van der Waals surface area contributed by atoms with Gasteiger partial charge in [0.2, 0.25) is 11.3 Å². The number of rotatable bonds is 9. The Hall–Kier alpha value is -3.77. The van der Waals surface area contributed by atoms with Crippen molar-refractivity contribution in [3.63, 3.8) is 0 Å².